The van der Waals surface area contributed by atoms with Crippen LogP contribution in [0.3, 0.4) is 0 Å². The smallest absolute Gasteiger partial charge is 0.342 e. The Morgan fingerprint density at radius 2 is 1.90 bits per heavy atom. The predicted molar refractivity (Wildman–Crippen MR) is 111 cm³/mol. The SMILES string of the molecule is CCOC(=O)c1c(C)oc2nc(COC(=O)c3cc(S(C)(=O)=O)ccc3Cl)nc(N)c12. The van der Waals surface area contributed by atoms with Gasteiger partial charge in [-0.15, -0.1) is 0 Å². The Labute approximate surface area is 182 Å². The van der Waals surface area contributed by atoms with Gasteiger partial charge in [-0.25, -0.2) is 23.0 Å². The van der Waals surface area contributed by atoms with Crippen LogP contribution in [0.2, 0.25) is 5.02 Å². The third kappa shape index (κ3) is 4.62. The molecule has 3 aromatic rings. The van der Waals surface area contributed by atoms with Gasteiger partial charge < -0.3 is 19.6 Å². The molecule has 0 amide bonds. The number of nitrogen functional groups attached to an aromatic ring is 1. The molecule has 10 nitrogen and oxygen atoms in total. The highest BCUT2D eigenvalue weighted by Gasteiger charge is 2.24. The van der Waals surface area contributed by atoms with E-state index < -0.39 is 28.4 Å². The first kappa shape index (κ1) is 22.5. The second-order valence-corrected chi connectivity index (χ2v) is 8.87. The number of carbonyl (C=O) groups excluding carboxylic acids is 2. The van der Waals surface area contributed by atoms with Crippen LogP contribution in [0, 0.1) is 6.92 Å². The zero-order valence-electron chi connectivity index (χ0n) is 16.8. The molecule has 2 aromatic heterocycles. The topological polar surface area (TPSA) is 152 Å². The van der Waals surface area contributed by atoms with Gasteiger partial charge in [0.1, 0.15) is 17.1 Å². The Kier molecular flexibility index (Phi) is 6.18. The van der Waals surface area contributed by atoms with E-state index in [1.165, 1.54) is 12.1 Å². The zero-order chi connectivity index (χ0) is 22.9. The van der Waals surface area contributed by atoms with Crippen molar-refractivity contribution in [3.05, 3.63) is 45.9 Å². The number of sulfone groups is 1. The molecule has 0 atom stereocenters. The largest absolute Gasteiger partial charge is 0.462 e. The molecule has 1 aromatic carbocycles. The normalized spacial score (nSPS) is 11.5. The van der Waals surface area contributed by atoms with Gasteiger partial charge in [0.15, 0.2) is 22.3 Å². The summed E-state index contributed by atoms with van der Waals surface area (Å²) in [6.45, 7) is 3.00. The van der Waals surface area contributed by atoms with Crippen LogP contribution in [0.25, 0.3) is 11.1 Å². The maximum Gasteiger partial charge on any atom is 0.342 e. The van der Waals surface area contributed by atoms with Crippen LogP contribution in [0.15, 0.2) is 27.5 Å². The van der Waals surface area contributed by atoms with Gasteiger partial charge in [-0.05, 0) is 32.0 Å². The van der Waals surface area contributed by atoms with Crippen molar-refractivity contribution in [2.45, 2.75) is 25.3 Å². The lowest BCUT2D eigenvalue weighted by Crippen LogP contribution is -2.11. The first-order chi connectivity index (χ1) is 14.5. The Bertz CT molecular complexity index is 1300. The summed E-state index contributed by atoms with van der Waals surface area (Å²) >= 11 is 6.00. The van der Waals surface area contributed by atoms with Crippen LogP contribution in [-0.4, -0.2) is 43.2 Å². The molecule has 0 unspecified atom stereocenters. The van der Waals surface area contributed by atoms with E-state index in [2.05, 4.69) is 9.97 Å². The molecule has 0 aliphatic rings. The Balaban J connectivity index is 1.87. The van der Waals surface area contributed by atoms with E-state index in [-0.39, 0.29) is 56.2 Å². The number of carbonyl (C=O) groups is 2. The molecule has 2 heterocycles. The van der Waals surface area contributed by atoms with E-state index >= 15 is 0 Å². The first-order valence-corrected chi connectivity index (χ1v) is 11.2. The third-order valence-electron chi connectivity index (χ3n) is 4.20. The summed E-state index contributed by atoms with van der Waals surface area (Å²) in [4.78, 5) is 32.7. The maximum atomic E-state index is 12.4. The highest BCUT2D eigenvalue weighted by atomic mass is 35.5. The van der Waals surface area contributed by atoms with Gasteiger partial charge in [-0.1, -0.05) is 11.6 Å². The molecule has 31 heavy (non-hydrogen) atoms. The van der Waals surface area contributed by atoms with E-state index in [4.69, 9.17) is 31.2 Å². The molecule has 0 saturated heterocycles. The van der Waals surface area contributed by atoms with Crippen molar-refractivity contribution in [2.75, 3.05) is 18.6 Å². The number of halogens is 1. The van der Waals surface area contributed by atoms with Crippen LogP contribution in [0.5, 0.6) is 0 Å². The molecule has 0 saturated carbocycles. The number of aryl methyl sites for hydroxylation is 1. The van der Waals surface area contributed by atoms with E-state index in [1.54, 1.807) is 13.8 Å². The van der Waals surface area contributed by atoms with Gasteiger partial charge in [0.2, 0.25) is 5.71 Å². The molecule has 2 N–H and O–H groups in total. The average Bonchev–Trinajstić information content (AvgIpc) is 3.02. The number of furan rings is 1. The molecular weight excluding hydrogens is 450 g/mol. The number of hydrogen-bond acceptors (Lipinski definition) is 10. The van der Waals surface area contributed by atoms with E-state index in [9.17, 15) is 18.0 Å². The summed E-state index contributed by atoms with van der Waals surface area (Å²) in [5.41, 5.74) is 6.00. The summed E-state index contributed by atoms with van der Waals surface area (Å²) in [6, 6.07) is 3.70. The summed E-state index contributed by atoms with van der Waals surface area (Å²) in [5, 5.41) is 0.226. The van der Waals surface area contributed by atoms with Gasteiger partial charge in [0.25, 0.3) is 0 Å². The minimum absolute atomic E-state index is 0.0119. The fraction of sp³-hybridized carbons (Fsp3) is 0.263. The van der Waals surface area contributed by atoms with Crippen molar-refractivity contribution in [3.8, 4) is 0 Å². The van der Waals surface area contributed by atoms with Crippen LogP contribution >= 0.6 is 11.6 Å². The van der Waals surface area contributed by atoms with Crippen molar-refractivity contribution in [1.29, 1.82) is 0 Å². The van der Waals surface area contributed by atoms with Gasteiger partial charge in [-0.3, -0.25) is 0 Å². The van der Waals surface area contributed by atoms with Crippen LogP contribution < -0.4 is 5.73 Å². The van der Waals surface area contributed by atoms with Crippen LogP contribution in [0.4, 0.5) is 5.82 Å². The number of fused-ring (bicyclic) bond motifs is 1. The molecule has 0 aliphatic heterocycles. The van der Waals surface area contributed by atoms with Crippen molar-refractivity contribution in [3.63, 3.8) is 0 Å². The quantitative estimate of drug-likeness (QED) is 0.535. The molecule has 164 valence electrons. The molecular formula is C19H18ClN3O7S. The highest BCUT2D eigenvalue weighted by molar-refractivity contribution is 7.90. The van der Waals surface area contributed by atoms with E-state index in [1.807, 2.05) is 0 Å². The number of hydrogen-bond donors (Lipinski definition) is 1. The second-order valence-electron chi connectivity index (χ2n) is 6.45. The Hall–Kier alpha value is -3.18. The van der Waals surface area contributed by atoms with Gasteiger partial charge in [0.05, 0.1) is 27.5 Å². The van der Waals surface area contributed by atoms with Crippen molar-refractivity contribution in [1.82, 2.24) is 9.97 Å². The lowest BCUT2D eigenvalue weighted by molar-refractivity contribution is 0.0461. The molecule has 12 heteroatoms. The fourth-order valence-corrected chi connectivity index (χ4v) is 3.64. The summed E-state index contributed by atoms with van der Waals surface area (Å²) in [6.07, 6.45) is 1.01. The van der Waals surface area contributed by atoms with Gasteiger partial charge >= 0.3 is 11.9 Å². The predicted octanol–water partition coefficient (Wildman–Crippen LogP) is 2.70. The lowest BCUT2D eigenvalue weighted by atomic mass is 10.2. The lowest BCUT2D eigenvalue weighted by Gasteiger charge is -2.08. The first-order valence-electron chi connectivity index (χ1n) is 8.92. The molecule has 3 rings (SSSR count). The van der Waals surface area contributed by atoms with Gasteiger partial charge in [0, 0.05) is 6.26 Å². The second kappa shape index (κ2) is 8.52. The highest BCUT2D eigenvalue weighted by Crippen LogP contribution is 2.29. The molecule has 0 aliphatic carbocycles. The van der Waals surface area contributed by atoms with Crippen molar-refractivity contribution < 1.29 is 31.9 Å². The summed E-state index contributed by atoms with van der Waals surface area (Å²) < 4.78 is 39.1. The fourth-order valence-electron chi connectivity index (χ4n) is 2.80. The molecule has 0 fully saturated rings. The molecule has 0 spiro atoms. The number of nitrogens with zero attached hydrogens (tertiary/aromatic N) is 2. The number of nitrogens with two attached hydrogens (primary N) is 1. The molecule has 0 radical (unpaired) electrons. The standard InChI is InChI=1S/C19H18ClN3O7S/c1-4-28-19(25)14-9(2)30-17-15(14)16(21)22-13(23-17)8-29-18(24)11-7-10(31(3,26)27)5-6-12(11)20/h5-7H,4,8H2,1-3H3,(H2,21,22,23). The number of rotatable bonds is 6. The van der Waals surface area contributed by atoms with Crippen LogP contribution in [-0.2, 0) is 25.9 Å². The minimum atomic E-state index is -3.54. The van der Waals surface area contributed by atoms with E-state index in [0.717, 1.165) is 12.3 Å². The Morgan fingerprint density at radius 1 is 1.19 bits per heavy atom. The number of esters is 2. The van der Waals surface area contributed by atoms with Crippen molar-refractivity contribution in [2.24, 2.45) is 0 Å². The monoisotopic (exact) mass is 467 g/mol. The minimum Gasteiger partial charge on any atom is -0.462 e. The average molecular weight is 468 g/mol. The zero-order valence-corrected chi connectivity index (χ0v) is 18.3. The summed E-state index contributed by atoms with van der Waals surface area (Å²) in [5.74, 6) is -1.27. The van der Waals surface area contributed by atoms with E-state index in [0.29, 0.717) is 0 Å². The molecule has 0 bridgehead atoms. The van der Waals surface area contributed by atoms with Crippen molar-refractivity contribution >= 4 is 50.3 Å². The van der Waals surface area contributed by atoms with Gasteiger partial charge in [-0.2, -0.15) is 4.98 Å². The Morgan fingerprint density at radius 3 is 2.55 bits per heavy atom. The number of anilines is 1. The summed E-state index contributed by atoms with van der Waals surface area (Å²) in [7, 11) is -3.54. The number of ether oxygens (including phenoxy) is 2. The number of benzene rings is 1. The van der Waals surface area contributed by atoms with Crippen LogP contribution in [0.1, 0.15) is 39.2 Å². The maximum absolute atomic E-state index is 12.4. The third-order valence-corrected chi connectivity index (χ3v) is 5.64. The number of aromatic nitrogens is 2.